The van der Waals surface area contributed by atoms with Gasteiger partial charge in [0.25, 0.3) is 11.8 Å². The normalized spacial score (nSPS) is 15.1. The first-order valence-corrected chi connectivity index (χ1v) is 9.50. The number of nitrogens with zero attached hydrogens (tertiary/aromatic N) is 1. The van der Waals surface area contributed by atoms with Gasteiger partial charge in [0.2, 0.25) is 0 Å². The second-order valence-corrected chi connectivity index (χ2v) is 6.39. The van der Waals surface area contributed by atoms with E-state index in [0.29, 0.717) is 24.3 Å². The number of hydrogen-bond acceptors (Lipinski definition) is 6. The Hall–Kier alpha value is -2.32. The summed E-state index contributed by atoms with van der Waals surface area (Å²) >= 11 is 0. The molecule has 27 heavy (non-hydrogen) atoms. The van der Waals surface area contributed by atoms with Crippen molar-refractivity contribution in [1.82, 2.24) is 16.0 Å². The monoisotopic (exact) mass is 378 g/mol. The highest BCUT2D eigenvalue weighted by Gasteiger charge is 2.22. The number of ether oxygens (including phenoxy) is 1. The maximum absolute atomic E-state index is 12.5. The molecule has 0 spiro atoms. The molecule has 1 fully saturated rings. The van der Waals surface area contributed by atoms with Gasteiger partial charge in [0.05, 0.1) is 23.9 Å². The number of carbonyl (C=O) groups excluding carboxylic acids is 2. The van der Waals surface area contributed by atoms with E-state index in [-0.39, 0.29) is 31.1 Å². The van der Waals surface area contributed by atoms with Gasteiger partial charge in [-0.05, 0) is 25.5 Å². The van der Waals surface area contributed by atoms with Crippen LogP contribution in [0.2, 0.25) is 0 Å². The number of carbonyl (C=O) groups is 2. The fraction of sp³-hybridized carbons (Fsp3) is 0.579. The molecule has 0 aliphatic carbocycles. The van der Waals surface area contributed by atoms with Gasteiger partial charge in [0.1, 0.15) is 0 Å². The van der Waals surface area contributed by atoms with Crippen molar-refractivity contribution < 1.29 is 19.4 Å². The lowest BCUT2D eigenvalue weighted by atomic mass is 10.1. The molecule has 1 aromatic carbocycles. The van der Waals surface area contributed by atoms with Crippen LogP contribution in [0.15, 0.2) is 18.2 Å². The van der Waals surface area contributed by atoms with Crippen LogP contribution in [0, 0.1) is 0 Å². The third kappa shape index (κ3) is 5.83. The predicted molar refractivity (Wildman–Crippen MR) is 104 cm³/mol. The molecule has 8 nitrogen and oxygen atoms in total. The lowest BCUT2D eigenvalue weighted by Gasteiger charge is -2.31. The second-order valence-electron chi connectivity index (χ2n) is 6.39. The van der Waals surface area contributed by atoms with Gasteiger partial charge in [-0.1, -0.05) is 13.0 Å². The standard InChI is InChI=1S/C19H30N4O4/c1-3-14(12-24)22-17(25)13-27-18-15(19(26)21-4-2)6-5-7-16(18)23-10-8-20-9-11-23/h5-7,14,20,24H,3-4,8-13H2,1-2H3,(H,21,26)(H,22,25). The lowest BCUT2D eigenvalue weighted by molar-refractivity contribution is -0.124. The van der Waals surface area contributed by atoms with E-state index >= 15 is 0 Å². The number of anilines is 1. The Morgan fingerprint density at radius 2 is 2.04 bits per heavy atom. The average Bonchev–Trinajstić information content (AvgIpc) is 2.71. The van der Waals surface area contributed by atoms with E-state index in [1.54, 1.807) is 6.07 Å². The minimum absolute atomic E-state index is 0.121. The van der Waals surface area contributed by atoms with Crippen molar-refractivity contribution in [3.8, 4) is 5.75 Å². The van der Waals surface area contributed by atoms with E-state index in [2.05, 4.69) is 20.9 Å². The van der Waals surface area contributed by atoms with Crippen LogP contribution in [-0.2, 0) is 4.79 Å². The summed E-state index contributed by atoms with van der Waals surface area (Å²) in [5.74, 6) is -0.142. The van der Waals surface area contributed by atoms with Crippen molar-refractivity contribution in [2.24, 2.45) is 0 Å². The number of rotatable bonds is 9. The average molecular weight is 378 g/mol. The van der Waals surface area contributed by atoms with Crippen LogP contribution in [0.3, 0.4) is 0 Å². The molecule has 8 heteroatoms. The van der Waals surface area contributed by atoms with Crippen molar-refractivity contribution in [3.05, 3.63) is 23.8 Å². The molecule has 2 rings (SSSR count). The highest BCUT2D eigenvalue weighted by Crippen LogP contribution is 2.32. The van der Waals surface area contributed by atoms with Gasteiger partial charge in [-0.15, -0.1) is 0 Å². The van der Waals surface area contributed by atoms with Gasteiger partial charge in [-0.3, -0.25) is 9.59 Å². The van der Waals surface area contributed by atoms with Crippen molar-refractivity contribution in [2.75, 3.05) is 50.8 Å². The molecular weight excluding hydrogens is 348 g/mol. The van der Waals surface area contributed by atoms with Crippen molar-refractivity contribution in [2.45, 2.75) is 26.3 Å². The van der Waals surface area contributed by atoms with Crippen LogP contribution in [0.1, 0.15) is 30.6 Å². The number of nitrogens with one attached hydrogen (secondary N) is 3. The van der Waals surface area contributed by atoms with E-state index in [9.17, 15) is 14.7 Å². The summed E-state index contributed by atoms with van der Waals surface area (Å²) in [4.78, 5) is 26.8. The summed E-state index contributed by atoms with van der Waals surface area (Å²) < 4.78 is 5.82. The first kappa shape index (κ1) is 21.0. The molecule has 1 atom stereocenters. The lowest BCUT2D eigenvalue weighted by Crippen LogP contribution is -2.44. The summed E-state index contributed by atoms with van der Waals surface area (Å²) in [7, 11) is 0. The highest BCUT2D eigenvalue weighted by atomic mass is 16.5. The summed E-state index contributed by atoms with van der Waals surface area (Å²) in [6.07, 6.45) is 0.629. The van der Waals surface area contributed by atoms with E-state index < -0.39 is 0 Å². The maximum Gasteiger partial charge on any atom is 0.258 e. The van der Waals surface area contributed by atoms with E-state index in [0.717, 1.165) is 31.9 Å². The Kier molecular flexibility index (Phi) is 8.35. The number of aliphatic hydroxyl groups is 1. The third-order valence-corrected chi connectivity index (χ3v) is 4.46. The van der Waals surface area contributed by atoms with Crippen LogP contribution in [0.5, 0.6) is 5.75 Å². The van der Waals surface area contributed by atoms with Gasteiger partial charge in [0.15, 0.2) is 12.4 Å². The van der Waals surface area contributed by atoms with E-state index in [1.807, 2.05) is 26.0 Å². The van der Waals surface area contributed by atoms with Gasteiger partial charge >= 0.3 is 0 Å². The van der Waals surface area contributed by atoms with Gasteiger partial charge < -0.3 is 30.7 Å². The SMILES string of the molecule is CCNC(=O)c1cccc(N2CCNCC2)c1OCC(=O)NC(CC)CO. The molecule has 1 aliphatic heterocycles. The summed E-state index contributed by atoms with van der Waals surface area (Å²) in [5, 5.41) is 18.0. The van der Waals surface area contributed by atoms with Crippen molar-refractivity contribution >= 4 is 17.5 Å². The topological polar surface area (TPSA) is 103 Å². The van der Waals surface area contributed by atoms with Gasteiger partial charge in [-0.25, -0.2) is 0 Å². The fourth-order valence-corrected chi connectivity index (χ4v) is 2.95. The van der Waals surface area contributed by atoms with Gasteiger partial charge in [-0.2, -0.15) is 0 Å². The Morgan fingerprint density at radius 3 is 2.67 bits per heavy atom. The largest absolute Gasteiger partial charge is 0.481 e. The Labute approximate surface area is 160 Å². The first-order valence-electron chi connectivity index (χ1n) is 9.50. The highest BCUT2D eigenvalue weighted by molar-refractivity contribution is 5.99. The number of piperazine rings is 1. The molecule has 0 aromatic heterocycles. The molecule has 0 bridgehead atoms. The molecule has 1 aromatic rings. The zero-order valence-electron chi connectivity index (χ0n) is 16.1. The molecule has 0 saturated carbocycles. The minimum Gasteiger partial charge on any atom is -0.481 e. The molecule has 1 aliphatic rings. The molecule has 2 amide bonds. The molecule has 1 unspecified atom stereocenters. The Balaban J connectivity index is 2.21. The van der Waals surface area contributed by atoms with Crippen molar-refractivity contribution in [3.63, 3.8) is 0 Å². The predicted octanol–water partition coefficient (Wildman–Crippen LogP) is 0.112. The molecular formula is C19H30N4O4. The maximum atomic E-state index is 12.5. The first-order chi connectivity index (χ1) is 13.1. The number of hydrogen-bond donors (Lipinski definition) is 4. The number of aliphatic hydroxyl groups excluding tert-OH is 1. The van der Waals surface area contributed by atoms with Crippen LogP contribution in [0.25, 0.3) is 0 Å². The summed E-state index contributed by atoms with van der Waals surface area (Å²) in [5.41, 5.74) is 1.22. The quantitative estimate of drug-likeness (QED) is 0.487. The van der Waals surface area contributed by atoms with E-state index in [4.69, 9.17) is 4.74 Å². The Morgan fingerprint density at radius 1 is 1.30 bits per heavy atom. The number of para-hydroxylation sites is 1. The van der Waals surface area contributed by atoms with Crippen LogP contribution in [-0.4, -0.2) is 68.9 Å². The van der Waals surface area contributed by atoms with Crippen LogP contribution < -0.4 is 25.6 Å². The van der Waals surface area contributed by atoms with Crippen molar-refractivity contribution in [1.29, 1.82) is 0 Å². The van der Waals surface area contributed by atoms with Crippen LogP contribution >= 0.6 is 0 Å². The fourth-order valence-electron chi connectivity index (χ4n) is 2.95. The molecule has 150 valence electrons. The molecule has 0 radical (unpaired) electrons. The zero-order chi connectivity index (χ0) is 19.6. The zero-order valence-corrected chi connectivity index (χ0v) is 16.1. The minimum atomic E-state index is -0.326. The second kappa shape index (κ2) is 10.7. The molecule has 1 saturated heterocycles. The molecule has 1 heterocycles. The number of amides is 2. The van der Waals surface area contributed by atoms with Gasteiger partial charge in [0, 0.05) is 32.7 Å². The van der Waals surface area contributed by atoms with E-state index in [1.165, 1.54) is 0 Å². The third-order valence-electron chi connectivity index (χ3n) is 4.46. The van der Waals surface area contributed by atoms with Crippen LogP contribution in [0.4, 0.5) is 5.69 Å². The number of benzene rings is 1. The Bertz CT molecular complexity index is 628. The smallest absolute Gasteiger partial charge is 0.258 e. The summed E-state index contributed by atoms with van der Waals surface area (Å²) in [6, 6.07) is 5.14. The summed E-state index contributed by atoms with van der Waals surface area (Å²) in [6.45, 7) is 7.19. The molecule has 4 N–H and O–H groups in total.